The molecular weight excluding hydrogens is 351 g/mol. The molecule has 0 aromatic heterocycles. The molecule has 2 aromatic rings. The number of carbonyl (C=O) groups excluding carboxylic acids is 1. The Bertz CT molecular complexity index is 845. The lowest BCUT2D eigenvalue weighted by atomic mass is 10.0. The average Bonchev–Trinajstić information content (AvgIpc) is 3.00. The summed E-state index contributed by atoms with van der Waals surface area (Å²) in [4.78, 5) is 11.0. The third-order valence-corrected chi connectivity index (χ3v) is 4.24. The maximum atomic E-state index is 12.8. The van der Waals surface area contributed by atoms with Gasteiger partial charge in [-0.25, -0.2) is 0 Å². The third-order valence-electron chi connectivity index (χ3n) is 3.38. The molecule has 0 bridgehead atoms. The van der Waals surface area contributed by atoms with Gasteiger partial charge in [0.2, 0.25) is 5.91 Å². The highest BCUT2D eigenvalue weighted by atomic mass is 32.2. The molecule has 25 heavy (non-hydrogen) atoms. The van der Waals surface area contributed by atoms with E-state index in [4.69, 9.17) is 0 Å². The predicted molar refractivity (Wildman–Crippen MR) is 92.5 cm³/mol. The van der Waals surface area contributed by atoms with E-state index in [2.05, 4.69) is 15.5 Å². The molecule has 2 aromatic carbocycles. The molecular formula is C17H12F3N3OS. The number of nitrogens with one attached hydrogen (secondary N) is 1. The highest BCUT2D eigenvalue weighted by Gasteiger charge is 2.30. The number of amides is 1. The molecule has 1 heterocycles. The van der Waals surface area contributed by atoms with Crippen LogP contribution in [-0.2, 0) is 11.0 Å². The van der Waals surface area contributed by atoms with E-state index in [9.17, 15) is 18.0 Å². The van der Waals surface area contributed by atoms with Gasteiger partial charge in [-0.05, 0) is 28.8 Å². The second-order valence-electron chi connectivity index (χ2n) is 5.19. The topological polar surface area (TPSA) is 53.8 Å². The highest BCUT2D eigenvalue weighted by Crippen LogP contribution is 2.32. The van der Waals surface area contributed by atoms with E-state index in [-0.39, 0.29) is 5.91 Å². The van der Waals surface area contributed by atoms with Crippen LogP contribution in [0.1, 0.15) is 11.1 Å². The molecule has 128 valence electrons. The molecule has 1 N–H and O–H groups in total. The number of rotatable bonds is 3. The van der Waals surface area contributed by atoms with Crippen LogP contribution in [0.3, 0.4) is 0 Å². The van der Waals surface area contributed by atoms with Gasteiger partial charge < -0.3 is 5.32 Å². The standard InChI is InChI=1S/C17H12F3N3OS/c18-17(19,20)14-3-1-2-13(8-14)12-6-4-11(5-7-12)9-21-23-16-22-15(24)10-25-16/h1-9H,10H2,(H,22,23,24). The fourth-order valence-corrected chi connectivity index (χ4v) is 2.79. The number of benzene rings is 2. The lowest BCUT2D eigenvalue weighted by molar-refractivity contribution is -0.137. The predicted octanol–water partition coefficient (Wildman–Crippen LogP) is 3.93. The van der Waals surface area contributed by atoms with Gasteiger partial charge in [0.15, 0.2) is 5.17 Å². The van der Waals surface area contributed by atoms with Crippen molar-refractivity contribution in [3.05, 3.63) is 59.7 Å². The molecule has 1 amide bonds. The van der Waals surface area contributed by atoms with Crippen molar-refractivity contribution in [3.8, 4) is 11.1 Å². The van der Waals surface area contributed by atoms with E-state index < -0.39 is 11.7 Å². The first-order chi connectivity index (χ1) is 11.9. The van der Waals surface area contributed by atoms with E-state index in [1.165, 1.54) is 24.0 Å². The lowest BCUT2D eigenvalue weighted by Gasteiger charge is -2.09. The summed E-state index contributed by atoms with van der Waals surface area (Å²) < 4.78 is 38.3. The van der Waals surface area contributed by atoms with Gasteiger partial charge in [0, 0.05) is 0 Å². The summed E-state index contributed by atoms with van der Waals surface area (Å²) in [5.41, 5.74) is 1.23. The number of hydrogen-bond donors (Lipinski definition) is 1. The number of carbonyl (C=O) groups is 1. The number of halogens is 3. The van der Waals surface area contributed by atoms with Crippen LogP contribution < -0.4 is 5.32 Å². The van der Waals surface area contributed by atoms with Crippen molar-refractivity contribution >= 4 is 29.1 Å². The largest absolute Gasteiger partial charge is 0.416 e. The number of hydrogen-bond acceptors (Lipinski definition) is 4. The van der Waals surface area contributed by atoms with Crippen molar-refractivity contribution in [2.24, 2.45) is 10.2 Å². The Labute approximate surface area is 145 Å². The minimum atomic E-state index is -4.37. The zero-order valence-corrected chi connectivity index (χ0v) is 13.6. The molecule has 0 radical (unpaired) electrons. The lowest BCUT2D eigenvalue weighted by Crippen LogP contribution is -2.19. The first-order valence-corrected chi connectivity index (χ1v) is 8.22. The van der Waals surface area contributed by atoms with Gasteiger partial charge >= 0.3 is 6.18 Å². The van der Waals surface area contributed by atoms with E-state index in [1.54, 1.807) is 30.3 Å². The summed E-state index contributed by atoms with van der Waals surface area (Å²) in [6, 6.07) is 12.1. The molecule has 4 nitrogen and oxygen atoms in total. The van der Waals surface area contributed by atoms with E-state index >= 15 is 0 Å². The zero-order valence-electron chi connectivity index (χ0n) is 12.7. The SMILES string of the molecule is O=C1CSC(=NN=Cc2ccc(-c3cccc(C(F)(F)F)c3)cc2)N1. The van der Waals surface area contributed by atoms with Gasteiger partial charge in [0.25, 0.3) is 0 Å². The zero-order chi connectivity index (χ0) is 17.9. The smallest absolute Gasteiger partial charge is 0.303 e. The molecule has 0 spiro atoms. The van der Waals surface area contributed by atoms with Gasteiger partial charge in [-0.3, -0.25) is 4.79 Å². The number of alkyl halides is 3. The van der Waals surface area contributed by atoms with Gasteiger partial charge in [0.1, 0.15) is 0 Å². The Kier molecular flexibility index (Phi) is 4.89. The molecule has 1 saturated heterocycles. The molecule has 1 aliphatic heterocycles. The van der Waals surface area contributed by atoms with Gasteiger partial charge in [0.05, 0.1) is 17.5 Å². The monoisotopic (exact) mass is 363 g/mol. The van der Waals surface area contributed by atoms with Gasteiger partial charge in [-0.2, -0.15) is 18.3 Å². The van der Waals surface area contributed by atoms with E-state index in [1.807, 2.05) is 0 Å². The van der Waals surface area contributed by atoms with Crippen molar-refractivity contribution in [3.63, 3.8) is 0 Å². The maximum absolute atomic E-state index is 12.8. The highest BCUT2D eigenvalue weighted by molar-refractivity contribution is 8.15. The Morgan fingerprint density at radius 2 is 1.84 bits per heavy atom. The summed E-state index contributed by atoms with van der Waals surface area (Å²) in [7, 11) is 0. The normalized spacial score (nSPS) is 16.6. The van der Waals surface area contributed by atoms with Crippen LogP contribution in [0.25, 0.3) is 11.1 Å². The maximum Gasteiger partial charge on any atom is 0.416 e. The fourth-order valence-electron chi connectivity index (χ4n) is 2.16. The molecule has 0 unspecified atom stereocenters. The van der Waals surface area contributed by atoms with Crippen LogP contribution in [0.4, 0.5) is 13.2 Å². The summed E-state index contributed by atoms with van der Waals surface area (Å²) >= 11 is 1.27. The van der Waals surface area contributed by atoms with Crippen LogP contribution >= 0.6 is 11.8 Å². The van der Waals surface area contributed by atoms with Crippen LogP contribution in [0.5, 0.6) is 0 Å². The number of nitrogens with zero attached hydrogens (tertiary/aromatic N) is 2. The van der Waals surface area contributed by atoms with Crippen molar-refractivity contribution in [1.82, 2.24) is 5.32 Å². The molecule has 1 fully saturated rings. The molecule has 0 aliphatic carbocycles. The average molecular weight is 363 g/mol. The molecule has 0 saturated carbocycles. The van der Waals surface area contributed by atoms with Crippen molar-refractivity contribution in [2.45, 2.75) is 6.18 Å². The summed E-state index contributed by atoms with van der Waals surface area (Å²) in [5, 5.41) is 10.8. The Morgan fingerprint density at radius 3 is 2.48 bits per heavy atom. The number of amidine groups is 1. The quantitative estimate of drug-likeness (QED) is 0.664. The summed E-state index contributed by atoms with van der Waals surface area (Å²) in [5.74, 6) is 0.226. The van der Waals surface area contributed by atoms with Crippen LogP contribution in [0.15, 0.2) is 58.7 Å². The van der Waals surface area contributed by atoms with Gasteiger partial charge in [-0.1, -0.05) is 48.2 Å². The first-order valence-electron chi connectivity index (χ1n) is 7.23. The second kappa shape index (κ2) is 7.10. The molecule has 3 rings (SSSR count). The fraction of sp³-hybridized carbons (Fsp3) is 0.118. The van der Waals surface area contributed by atoms with Crippen molar-refractivity contribution in [2.75, 3.05) is 5.75 Å². The van der Waals surface area contributed by atoms with Crippen LogP contribution in [-0.4, -0.2) is 23.0 Å². The van der Waals surface area contributed by atoms with Crippen molar-refractivity contribution in [1.29, 1.82) is 0 Å². The minimum Gasteiger partial charge on any atom is -0.303 e. The van der Waals surface area contributed by atoms with Crippen LogP contribution in [0, 0.1) is 0 Å². The third kappa shape index (κ3) is 4.48. The Balaban J connectivity index is 1.73. The Hall–Kier alpha value is -2.61. The second-order valence-corrected chi connectivity index (χ2v) is 6.15. The summed E-state index contributed by atoms with van der Waals surface area (Å²) in [6.07, 6.45) is -2.86. The number of thioether (sulfide) groups is 1. The molecule has 1 aliphatic rings. The van der Waals surface area contributed by atoms with Crippen LogP contribution in [0.2, 0.25) is 0 Å². The van der Waals surface area contributed by atoms with Gasteiger partial charge in [-0.15, -0.1) is 5.10 Å². The summed E-state index contributed by atoms with van der Waals surface area (Å²) in [6.45, 7) is 0. The minimum absolute atomic E-state index is 0.107. The first kappa shape index (κ1) is 17.2. The molecule has 0 atom stereocenters. The Morgan fingerprint density at radius 1 is 1.08 bits per heavy atom. The molecule has 8 heteroatoms. The van der Waals surface area contributed by atoms with E-state index in [0.717, 1.165) is 17.7 Å². The van der Waals surface area contributed by atoms with E-state index in [0.29, 0.717) is 22.0 Å². The van der Waals surface area contributed by atoms with Crippen molar-refractivity contribution < 1.29 is 18.0 Å².